The van der Waals surface area contributed by atoms with Crippen LogP contribution in [0.5, 0.6) is 11.5 Å². The van der Waals surface area contributed by atoms with Crippen molar-refractivity contribution in [3.63, 3.8) is 0 Å². The van der Waals surface area contributed by atoms with E-state index < -0.39 is 0 Å². The summed E-state index contributed by atoms with van der Waals surface area (Å²) in [7, 11) is 0. The molecule has 1 aromatic carbocycles. The maximum absolute atomic E-state index is 12.4. The molecule has 27 heavy (non-hydrogen) atoms. The molecule has 0 bridgehead atoms. The highest BCUT2D eigenvalue weighted by molar-refractivity contribution is 5.78. The number of piperidine rings is 1. The number of amides is 3. The summed E-state index contributed by atoms with van der Waals surface area (Å²) in [6, 6.07) is 7.48. The first-order valence-electron chi connectivity index (χ1n) is 9.76. The number of nitrogens with zero attached hydrogens (tertiary/aromatic N) is 2. The predicted octanol–water partition coefficient (Wildman–Crippen LogP) is 2.51. The van der Waals surface area contributed by atoms with Gasteiger partial charge in [0.05, 0.1) is 6.61 Å². The number of hydrogen-bond acceptors (Lipinski definition) is 4. The Morgan fingerprint density at radius 1 is 1.07 bits per heavy atom. The molecule has 2 rings (SSSR count). The Balaban J connectivity index is 1.76. The van der Waals surface area contributed by atoms with Crippen LogP contribution in [0, 0.1) is 0 Å². The summed E-state index contributed by atoms with van der Waals surface area (Å²) in [5.74, 6) is 1.04. The standard InChI is InChI=1S/C20H31N3O4/c1-4-22(5-2)20(25)23-13-11-16(12-14-23)21-19(24)15-27-18-10-8-7-9-17(18)26-6-3/h7-10,16H,4-6,11-15H2,1-3H3,(H,21,24). The van der Waals surface area contributed by atoms with Gasteiger partial charge in [0.2, 0.25) is 0 Å². The van der Waals surface area contributed by atoms with Gasteiger partial charge in [-0.1, -0.05) is 12.1 Å². The number of likely N-dealkylation sites (tertiary alicyclic amines) is 1. The lowest BCUT2D eigenvalue weighted by atomic mass is 10.1. The Kier molecular flexibility index (Phi) is 8.23. The minimum atomic E-state index is -0.158. The summed E-state index contributed by atoms with van der Waals surface area (Å²) in [6.45, 7) is 9.11. The number of nitrogens with one attached hydrogen (secondary N) is 1. The van der Waals surface area contributed by atoms with E-state index >= 15 is 0 Å². The minimum Gasteiger partial charge on any atom is -0.490 e. The molecule has 7 heteroatoms. The second kappa shape index (κ2) is 10.6. The molecule has 3 amide bonds. The minimum absolute atomic E-state index is 0.0529. The quantitative estimate of drug-likeness (QED) is 0.756. The number of carbonyl (C=O) groups excluding carboxylic acids is 2. The van der Waals surface area contributed by atoms with Gasteiger partial charge < -0.3 is 24.6 Å². The molecular weight excluding hydrogens is 346 g/mol. The zero-order valence-corrected chi connectivity index (χ0v) is 16.6. The lowest BCUT2D eigenvalue weighted by molar-refractivity contribution is -0.124. The van der Waals surface area contributed by atoms with Crippen LogP contribution in [-0.2, 0) is 4.79 Å². The van der Waals surface area contributed by atoms with Crippen molar-refractivity contribution in [2.75, 3.05) is 39.4 Å². The van der Waals surface area contributed by atoms with Crippen LogP contribution < -0.4 is 14.8 Å². The van der Waals surface area contributed by atoms with Crippen LogP contribution in [0.15, 0.2) is 24.3 Å². The Bertz CT molecular complexity index is 611. The van der Waals surface area contributed by atoms with E-state index in [4.69, 9.17) is 9.47 Å². The van der Waals surface area contributed by atoms with Crippen LogP contribution in [-0.4, -0.2) is 67.2 Å². The molecular formula is C20H31N3O4. The Morgan fingerprint density at radius 3 is 2.22 bits per heavy atom. The third-order valence-corrected chi connectivity index (χ3v) is 4.67. The summed E-state index contributed by atoms with van der Waals surface area (Å²) in [6.07, 6.45) is 1.52. The van der Waals surface area contributed by atoms with Crippen LogP contribution in [0.25, 0.3) is 0 Å². The Hall–Kier alpha value is -2.44. The van der Waals surface area contributed by atoms with E-state index in [1.165, 1.54) is 0 Å². The van der Waals surface area contributed by atoms with E-state index in [9.17, 15) is 9.59 Å². The molecule has 1 heterocycles. The second-order valence-corrected chi connectivity index (χ2v) is 6.45. The zero-order valence-electron chi connectivity index (χ0n) is 16.6. The van der Waals surface area contributed by atoms with E-state index in [2.05, 4.69) is 5.32 Å². The second-order valence-electron chi connectivity index (χ2n) is 6.45. The maximum Gasteiger partial charge on any atom is 0.319 e. The number of carbonyl (C=O) groups is 2. The molecule has 1 N–H and O–H groups in total. The van der Waals surface area contributed by atoms with Gasteiger partial charge in [-0.05, 0) is 45.7 Å². The number of para-hydroxylation sites is 2. The molecule has 1 aromatic rings. The SMILES string of the molecule is CCOc1ccccc1OCC(=O)NC1CCN(C(=O)N(CC)CC)CC1. The predicted molar refractivity (Wildman–Crippen MR) is 104 cm³/mol. The monoisotopic (exact) mass is 377 g/mol. The molecule has 0 atom stereocenters. The fourth-order valence-electron chi connectivity index (χ4n) is 3.17. The van der Waals surface area contributed by atoms with E-state index in [-0.39, 0.29) is 24.6 Å². The van der Waals surface area contributed by atoms with Crippen molar-refractivity contribution in [2.24, 2.45) is 0 Å². The van der Waals surface area contributed by atoms with E-state index in [0.29, 0.717) is 44.3 Å². The summed E-state index contributed by atoms with van der Waals surface area (Å²) in [5, 5.41) is 3.00. The molecule has 0 unspecified atom stereocenters. The normalized spacial score (nSPS) is 14.6. The first-order valence-corrected chi connectivity index (χ1v) is 9.76. The van der Waals surface area contributed by atoms with Crippen molar-refractivity contribution in [3.8, 4) is 11.5 Å². The summed E-state index contributed by atoms with van der Waals surface area (Å²) in [5.41, 5.74) is 0. The summed E-state index contributed by atoms with van der Waals surface area (Å²) < 4.78 is 11.1. The number of urea groups is 1. The van der Waals surface area contributed by atoms with Crippen molar-refractivity contribution in [1.82, 2.24) is 15.1 Å². The number of benzene rings is 1. The number of rotatable bonds is 8. The molecule has 0 saturated carbocycles. The zero-order chi connectivity index (χ0) is 19.6. The van der Waals surface area contributed by atoms with Crippen LogP contribution in [0.4, 0.5) is 4.79 Å². The largest absolute Gasteiger partial charge is 0.490 e. The van der Waals surface area contributed by atoms with Gasteiger partial charge >= 0.3 is 6.03 Å². The molecule has 150 valence electrons. The first kappa shape index (κ1) is 20.9. The highest BCUT2D eigenvalue weighted by Gasteiger charge is 2.26. The molecule has 1 aliphatic heterocycles. The van der Waals surface area contributed by atoms with Gasteiger partial charge in [0, 0.05) is 32.2 Å². The van der Waals surface area contributed by atoms with Gasteiger partial charge in [-0.3, -0.25) is 4.79 Å². The summed E-state index contributed by atoms with van der Waals surface area (Å²) >= 11 is 0. The number of ether oxygens (including phenoxy) is 2. The molecule has 0 aromatic heterocycles. The van der Waals surface area contributed by atoms with Gasteiger partial charge in [0.15, 0.2) is 18.1 Å². The topological polar surface area (TPSA) is 71.1 Å². The highest BCUT2D eigenvalue weighted by atomic mass is 16.5. The molecule has 0 aliphatic carbocycles. The maximum atomic E-state index is 12.4. The third kappa shape index (κ3) is 6.05. The van der Waals surface area contributed by atoms with E-state index in [1.54, 1.807) is 6.07 Å². The van der Waals surface area contributed by atoms with Gasteiger partial charge in [-0.15, -0.1) is 0 Å². The van der Waals surface area contributed by atoms with Crippen molar-refractivity contribution >= 4 is 11.9 Å². The smallest absolute Gasteiger partial charge is 0.319 e. The fraction of sp³-hybridized carbons (Fsp3) is 0.600. The molecule has 0 radical (unpaired) electrons. The highest BCUT2D eigenvalue weighted by Crippen LogP contribution is 2.26. The molecule has 1 aliphatic rings. The van der Waals surface area contributed by atoms with E-state index in [0.717, 1.165) is 12.8 Å². The summed E-state index contributed by atoms with van der Waals surface area (Å²) in [4.78, 5) is 28.3. The van der Waals surface area contributed by atoms with Crippen LogP contribution in [0.1, 0.15) is 33.6 Å². The Morgan fingerprint density at radius 2 is 1.67 bits per heavy atom. The molecule has 1 saturated heterocycles. The molecule has 7 nitrogen and oxygen atoms in total. The molecule has 0 spiro atoms. The van der Waals surface area contributed by atoms with Gasteiger partial charge in [-0.2, -0.15) is 0 Å². The van der Waals surface area contributed by atoms with Crippen molar-refractivity contribution in [2.45, 2.75) is 39.7 Å². The van der Waals surface area contributed by atoms with Crippen molar-refractivity contribution in [1.29, 1.82) is 0 Å². The van der Waals surface area contributed by atoms with E-state index in [1.807, 2.05) is 48.8 Å². The average Bonchev–Trinajstić information content (AvgIpc) is 2.69. The van der Waals surface area contributed by atoms with Crippen LogP contribution >= 0.6 is 0 Å². The van der Waals surface area contributed by atoms with Gasteiger partial charge in [0.25, 0.3) is 5.91 Å². The number of hydrogen-bond donors (Lipinski definition) is 1. The Labute approximate surface area is 161 Å². The van der Waals surface area contributed by atoms with Crippen molar-refractivity contribution in [3.05, 3.63) is 24.3 Å². The van der Waals surface area contributed by atoms with Gasteiger partial charge in [-0.25, -0.2) is 4.79 Å². The average molecular weight is 377 g/mol. The van der Waals surface area contributed by atoms with Crippen LogP contribution in [0.3, 0.4) is 0 Å². The van der Waals surface area contributed by atoms with Crippen molar-refractivity contribution < 1.29 is 19.1 Å². The lowest BCUT2D eigenvalue weighted by Gasteiger charge is -2.35. The third-order valence-electron chi connectivity index (χ3n) is 4.67. The van der Waals surface area contributed by atoms with Crippen LogP contribution in [0.2, 0.25) is 0 Å². The lowest BCUT2D eigenvalue weighted by Crippen LogP contribution is -2.51. The first-order chi connectivity index (χ1) is 13.1. The molecule has 1 fully saturated rings. The van der Waals surface area contributed by atoms with Gasteiger partial charge in [0.1, 0.15) is 0 Å². The fourth-order valence-corrected chi connectivity index (χ4v) is 3.17.